The fourth-order valence-electron chi connectivity index (χ4n) is 2.20. The first-order valence-electron chi connectivity index (χ1n) is 5.55. The highest BCUT2D eigenvalue weighted by Gasteiger charge is 2.21. The van der Waals surface area contributed by atoms with Crippen LogP contribution < -0.4 is 5.32 Å². The molecule has 0 saturated heterocycles. The lowest BCUT2D eigenvalue weighted by atomic mass is 9.81. The van der Waals surface area contributed by atoms with Gasteiger partial charge in [-0.15, -0.1) is 0 Å². The summed E-state index contributed by atoms with van der Waals surface area (Å²) in [5, 5.41) is 3.38. The lowest BCUT2D eigenvalue weighted by molar-refractivity contribution is 0.581. The summed E-state index contributed by atoms with van der Waals surface area (Å²) in [4.78, 5) is 0. The van der Waals surface area contributed by atoms with Gasteiger partial charge in [-0.1, -0.05) is 39.5 Å². The van der Waals surface area contributed by atoms with Gasteiger partial charge in [0, 0.05) is 11.4 Å². The van der Waals surface area contributed by atoms with E-state index >= 15 is 0 Å². The Kier molecular flexibility index (Phi) is 2.34. The number of allylic oxidation sites excluding steroid dienone is 1. The van der Waals surface area contributed by atoms with Crippen molar-refractivity contribution in [2.75, 3.05) is 5.32 Å². The number of nitrogens with one attached hydrogen (secondary N) is 1. The first-order chi connectivity index (χ1) is 6.98. The maximum atomic E-state index is 3.99. The minimum Gasteiger partial charge on any atom is -0.359 e. The van der Waals surface area contributed by atoms with E-state index in [4.69, 9.17) is 0 Å². The van der Waals surface area contributed by atoms with Crippen LogP contribution in [-0.4, -0.2) is 0 Å². The SMILES string of the molecule is C=C1CCc2c(cccc2C(C)(C)C)N1. The molecular weight excluding hydrogens is 182 g/mol. The van der Waals surface area contributed by atoms with E-state index in [1.807, 2.05) is 0 Å². The van der Waals surface area contributed by atoms with Crippen LogP contribution in [0.3, 0.4) is 0 Å². The Labute approximate surface area is 92.2 Å². The molecule has 0 amide bonds. The van der Waals surface area contributed by atoms with E-state index in [-0.39, 0.29) is 5.41 Å². The van der Waals surface area contributed by atoms with Gasteiger partial charge in [0.15, 0.2) is 0 Å². The lowest BCUT2D eigenvalue weighted by Crippen LogP contribution is -2.18. The zero-order chi connectivity index (χ0) is 11.1. The van der Waals surface area contributed by atoms with Crippen LogP contribution >= 0.6 is 0 Å². The van der Waals surface area contributed by atoms with Crippen molar-refractivity contribution in [2.45, 2.75) is 39.0 Å². The third-order valence-electron chi connectivity index (χ3n) is 2.97. The molecule has 0 bridgehead atoms. The van der Waals surface area contributed by atoms with E-state index in [0.29, 0.717) is 0 Å². The molecule has 15 heavy (non-hydrogen) atoms. The van der Waals surface area contributed by atoms with Gasteiger partial charge < -0.3 is 5.32 Å². The average Bonchev–Trinajstić information content (AvgIpc) is 2.15. The summed E-state index contributed by atoms with van der Waals surface area (Å²) in [5.74, 6) is 0. The molecule has 1 aliphatic heterocycles. The third-order valence-corrected chi connectivity index (χ3v) is 2.97. The number of benzene rings is 1. The van der Waals surface area contributed by atoms with E-state index in [0.717, 1.165) is 18.5 Å². The van der Waals surface area contributed by atoms with Crippen molar-refractivity contribution in [3.63, 3.8) is 0 Å². The van der Waals surface area contributed by atoms with Gasteiger partial charge in [0.1, 0.15) is 0 Å². The summed E-state index contributed by atoms with van der Waals surface area (Å²) in [6.45, 7) is 10.8. The normalized spacial score (nSPS) is 15.8. The van der Waals surface area contributed by atoms with E-state index in [1.165, 1.54) is 16.8 Å². The Morgan fingerprint density at radius 1 is 1.20 bits per heavy atom. The van der Waals surface area contributed by atoms with E-state index < -0.39 is 0 Å². The van der Waals surface area contributed by atoms with Crippen molar-refractivity contribution in [3.8, 4) is 0 Å². The van der Waals surface area contributed by atoms with Crippen molar-refractivity contribution in [1.29, 1.82) is 0 Å². The molecule has 1 aliphatic rings. The Bertz CT molecular complexity index is 396. The molecule has 2 rings (SSSR count). The van der Waals surface area contributed by atoms with Gasteiger partial charge in [0.25, 0.3) is 0 Å². The van der Waals surface area contributed by atoms with Crippen LogP contribution in [0.2, 0.25) is 0 Å². The predicted octanol–water partition coefficient (Wildman–Crippen LogP) is 3.86. The zero-order valence-electron chi connectivity index (χ0n) is 9.85. The molecule has 1 nitrogen and oxygen atoms in total. The molecule has 1 aromatic rings. The van der Waals surface area contributed by atoms with Crippen molar-refractivity contribution in [2.24, 2.45) is 0 Å². The second-order valence-corrected chi connectivity index (χ2v) is 5.31. The van der Waals surface area contributed by atoms with Crippen molar-refractivity contribution >= 4 is 5.69 Å². The van der Waals surface area contributed by atoms with E-state index in [1.54, 1.807) is 0 Å². The van der Waals surface area contributed by atoms with Crippen LogP contribution in [0.15, 0.2) is 30.5 Å². The summed E-state index contributed by atoms with van der Waals surface area (Å²) >= 11 is 0. The number of anilines is 1. The molecule has 0 unspecified atom stereocenters. The molecule has 1 heterocycles. The first-order valence-corrected chi connectivity index (χ1v) is 5.55. The fraction of sp³-hybridized carbons (Fsp3) is 0.429. The van der Waals surface area contributed by atoms with E-state index in [9.17, 15) is 0 Å². The molecule has 0 spiro atoms. The first kappa shape index (κ1) is 10.3. The monoisotopic (exact) mass is 201 g/mol. The van der Waals surface area contributed by atoms with Gasteiger partial charge in [-0.2, -0.15) is 0 Å². The average molecular weight is 201 g/mol. The predicted molar refractivity (Wildman–Crippen MR) is 66.2 cm³/mol. The summed E-state index contributed by atoms with van der Waals surface area (Å²) in [6, 6.07) is 6.52. The molecule has 1 heteroatoms. The molecular formula is C14H19N. The van der Waals surface area contributed by atoms with Crippen molar-refractivity contribution in [1.82, 2.24) is 0 Å². The number of rotatable bonds is 0. The van der Waals surface area contributed by atoms with Crippen LogP contribution in [-0.2, 0) is 11.8 Å². The smallest absolute Gasteiger partial charge is 0.0417 e. The Hall–Kier alpha value is -1.24. The molecule has 0 saturated carbocycles. The molecule has 0 radical (unpaired) electrons. The van der Waals surface area contributed by atoms with E-state index in [2.05, 4.69) is 50.9 Å². The molecule has 0 fully saturated rings. The standard InChI is InChI=1S/C14H19N/c1-10-8-9-11-12(14(2,3)4)6-5-7-13(11)15-10/h5-7,15H,1,8-9H2,2-4H3. The quantitative estimate of drug-likeness (QED) is 0.672. The summed E-state index contributed by atoms with van der Waals surface area (Å²) in [7, 11) is 0. The Morgan fingerprint density at radius 3 is 2.60 bits per heavy atom. The fourth-order valence-corrected chi connectivity index (χ4v) is 2.20. The molecule has 0 aromatic heterocycles. The minimum absolute atomic E-state index is 0.228. The number of fused-ring (bicyclic) bond motifs is 1. The van der Waals surface area contributed by atoms with Crippen LogP contribution in [0.4, 0.5) is 5.69 Å². The van der Waals surface area contributed by atoms with Crippen molar-refractivity contribution in [3.05, 3.63) is 41.6 Å². The maximum absolute atomic E-state index is 3.99. The Morgan fingerprint density at radius 2 is 1.93 bits per heavy atom. The largest absolute Gasteiger partial charge is 0.359 e. The maximum Gasteiger partial charge on any atom is 0.0417 e. The topological polar surface area (TPSA) is 12.0 Å². The van der Waals surface area contributed by atoms with Crippen LogP contribution in [0.1, 0.15) is 38.3 Å². The second-order valence-electron chi connectivity index (χ2n) is 5.31. The highest BCUT2D eigenvalue weighted by atomic mass is 14.9. The second kappa shape index (κ2) is 3.41. The highest BCUT2D eigenvalue weighted by molar-refractivity contribution is 5.61. The van der Waals surface area contributed by atoms with Crippen molar-refractivity contribution < 1.29 is 0 Å². The summed E-state index contributed by atoms with van der Waals surface area (Å²) in [5.41, 5.74) is 5.54. The summed E-state index contributed by atoms with van der Waals surface area (Å²) < 4.78 is 0. The molecule has 80 valence electrons. The molecule has 1 aromatic carbocycles. The highest BCUT2D eigenvalue weighted by Crippen LogP contribution is 2.34. The number of hydrogen-bond donors (Lipinski definition) is 1. The minimum atomic E-state index is 0.228. The Balaban J connectivity index is 2.51. The van der Waals surface area contributed by atoms with Gasteiger partial charge in [-0.05, 0) is 35.4 Å². The van der Waals surface area contributed by atoms with Gasteiger partial charge in [0.05, 0.1) is 0 Å². The zero-order valence-corrected chi connectivity index (χ0v) is 9.85. The molecule has 0 aliphatic carbocycles. The number of hydrogen-bond acceptors (Lipinski definition) is 1. The van der Waals surface area contributed by atoms with Gasteiger partial charge in [-0.3, -0.25) is 0 Å². The molecule has 1 N–H and O–H groups in total. The van der Waals surface area contributed by atoms with Crippen LogP contribution in [0, 0.1) is 0 Å². The van der Waals surface area contributed by atoms with Gasteiger partial charge in [-0.25, -0.2) is 0 Å². The van der Waals surface area contributed by atoms with Gasteiger partial charge in [0.2, 0.25) is 0 Å². The summed E-state index contributed by atoms with van der Waals surface area (Å²) in [6.07, 6.45) is 2.18. The lowest BCUT2D eigenvalue weighted by Gasteiger charge is -2.28. The molecule has 0 atom stereocenters. The van der Waals surface area contributed by atoms with Crippen LogP contribution in [0.5, 0.6) is 0 Å². The van der Waals surface area contributed by atoms with Crippen LogP contribution in [0.25, 0.3) is 0 Å². The third kappa shape index (κ3) is 1.92. The van der Waals surface area contributed by atoms with Gasteiger partial charge >= 0.3 is 0 Å².